The van der Waals surface area contributed by atoms with E-state index in [0.717, 1.165) is 36.9 Å². The first kappa shape index (κ1) is 16.6. The summed E-state index contributed by atoms with van der Waals surface area (Å²) >= 11 is 0. The van der Waals surface area contributed by atoms with Gasteiger partial charge in [-0.3, -0.25) is 4.79 Å². The molecule has 1 saturated carbocycles. The van der Waals surface area contributed by atoms with Crippen molar-refractivity contribution in [3.05, 3.63) is 59.7 Å². The van der Waals surface area contributed by atoms with Crippen LogP contribution in [0.5, 0.6) is 0 Å². The lowest BCUT2D eigenvalue weighted by molar-refractivity contribution is -0.116. The van der Waals surface area contributed by atoms with Crippen molar-refractivity contribution in [3.8, 4) is 0 Å². The highest BCUT2D eigenvalue weighted by atomic mass is 16.2. The van der Waals surface area contributed by atoms with E-state index in [-0.39, 0.29) is 18.0 Å². The summed E-state index contributed by atoms with van der Waals surface area (Å²) in [5.74, 6) is 0.539. The number of fused-ring (bicyclic) bond motifs is 1. The van der Waals surface area contributed by atoms with Gasteiger partial charge in [0.25, 0.3) is 0 Å². The second-order valence-electron chi connectivity index (χ2n) is 7.14. The van der Waals surface area contributed by atoms with E-state index in [4.69, 9.17) is 0 Å². The van der Waals surface area contributed by atoms with Crippen LogP contribution in [-0.4, -0.2) is 18.0 Å². The molecule has 2 atom stereocenters. The lowest BCUT2D eigenvalue weighted by Gasteiger charge is -2.18. The molecule has 2 aromatic carbocycles. The molecular formula is C21H23N3O2. The van der Waals surface area contributed by atoms with Gasteiger partial charge in [0.15, 0.2) is 0 Å². The molecule has 1 aliphatic heterocycles. The summed E-state index contributed by atoms with van der Waals surface area (Å²) in [6, 6.07) is 16.2. The number of aryl methyl sites for hydroxylation is 1. The number of anilines is 2. The van der Waals surface area contributed by atoms with Gasteiger partial charge in [0, 0.05) is 23.8 Å². The van der Waals surface area contributed by atoms with Crippen LogP contribution in [0.25, 0.3) is 0 Å². The van der Waals surface area contributed by atoms with E-state index in [1.54, 1.807) is 0 Å². The lowest BCUT2D eigenvalue weighted by Crippen LogP contribution is -2.36. The third kappa shape index (κ3) is 3.72. The zero-order valence-electron chi connectivity index (χ0n) is 14.6. The maximum atomic E-state index is 12.3. The van der Waals surface area contributed by atoms with Crippen molar-refractivity contribution in [2.24, 2.45) is 0 Å². The molecule has 3 N–H and O–H groups in total. The smallest absolute Gasteiger partial charge is 0.319 e. The summed E-state index contributed by atoms with van der Waals surface area (Å²) in [4.78, 5) is 23.9. The van der Waals surface area contributed by atoms with Crippen LogP contribution >= 0.6 is 0 Å². The summed E-state index contributed by atoms with van der Waals surface area (Å²) in [5, 5.41) is 8.83. The van der Waals surface area contributed by atoms with Crippen LogP contribution in [0, 0.1) is 0 Å². The lowest BCUT2D eigenvalue weighted by atomic mass is 9.98. The molecule has 1 aliphatic carbocycles. The van der Waals surface area contributed by atoms with Crippen LogP contribution in [0.2, 0.25) is 0 Å². The molecule has 134 valence electrons. The minimum atomic E-state index is -0.189. The molecule has 4 rings (SSSR count). The van der Waals surface area contributed by atoms with Gasteiger partial charge < -0.3 is 16.0 Å². The van der Waals surface area contributed by atoms with Crippen molar-refractivity contribution in [3.63, 3.8) is 0 Å². The Bertz CT molecular complexity index is 819. The fraction of sp³-hybridized carbons (Fsp3) is 0.333. The average Bonchev–Trinajstić information content (AvgIpc) is 3.10. The quantitative estimate of drug-likeness (QED) is 0.783. The number of nitrogens with one attached hydrogen (secondary N) is 3. The normalized spacial score (nSPS) is 21.6. The van der Waals surface area contributed by atoms with Crippen LogP contribution in [0.1, 0.15) is 42.7 Å². The molecule has 1 fully saturated rings. The van der Waals surface area contributed by atoms with Crippen molar-refractivity contribution >= 4 is 23.3 Å². The van der Waals surface area contributed by atoms with Crippen LogP contribution in [-0.2, 0) is 11.2 Å². The molecule has 5 heteroatoms. The highest BCUT2D eigenvalue weighted by Gasteiger charge is 2.27. The van der Waals surface area contributed by atoms with Gasteiger partial charge >= 0.3 is 6.03 Å². The SMILES string of the molecule is O=C1CCc2ccc(NC(=O)N[C@@H]3CC[C@@H](c4ccccc4)C3)cc2N1. The Balaban J connectivity index is 1.33. The Morgan fingerprint density at radius 1 is 1.04 bits per heavy atom. The van der Waals surface area contributed by atoms with Crippen molar-refractivity contribution in [1.82, 2.24) is 5.32 Å². The second-order valence-corrected chi connectivity index (χ2v) is 7.14. The second kappa shape index (κ2) is 7.20. The Morgan fingerprint density at radius 3 is 2.73 bits per heavy atom. The van der Waals surface area contributed by atoms with E-state index in [0.29, 0.717) is 18.0 Å². The minimum Gasteiger partial charge on any atom is -0.335 e. The molecule has 0 unspecified atom stereocenters. The van der Waals surface area contributed by atoms with E-state index in [1.165, 1.54) is 5.56 Å². The van der Waals surface area contributed by atoms with E-state index in [2.05, 4.69) is 40.2 Å². The highest BCUT2D eigenvalue weighted by molar-refractivity contribution is 5.96. The first-order valence-electron chi connectivity index (χ1n) is 9.22. The summed E-state index contributed by atoms with van der Waals surface area (Å²) in [5.41, 5.74) is 3.95. The molecule has 3 amide bonds. The fourth-order valence-electron chi connectivity index (χ4n) is 3.94. The van der Waals surface area contributed by atoms with E-state index < -0.39 is 0 Å². The van der Waals surface area contributed by atoms with E-state index >= 15 is 0 Å². The number of rotatable bonds is 3. The number of carbonyl (C=O) groups is 2. The monoisotopic (exact) mass is 349 g/mol. The fourth-order valence-corrected chi connectivity index (χ4v) is 3.94. The van der Waals surface area contributed by atoms with Gasteiger partial charge in [0.1, 0.15) is 0 Å². The average molecular weight is 349 g/mol. The largest absolute Gasteiger partial charge is 0.335 e. The number of amides is 3. The van der Waals surface area contributed by atoms with E-state index in [1.807, 2.05) is 24.3 Å². The predicted molar refractivity (Wildman–Crippen MR) is 102 cm³/mol. The predicted octanol–water partition coefficient (Wildman–Crippen LogP) is 4.03. The van der Waals surface area contributed by atoms with Gasteiger partial charge in [-0.05, 0) is 54.9 Å². The van der Waals surface area contributed by atoms with Gasteiger partial charge in [-0.1, -0.05) is 36.4 Å². The van der Waals surface area contributed by atoms with Gasteiger partial charge in [0.05, 0.1) is 0 Å². The Hall–Kier alpha value is -2.82. The Kier molecular flexibility index (Phi) is 4.61. The molecule has 5 nitrogen and oxygen atoms in total. The van der Waals surface area contributed by atoms with Gasteiger partial charge in [-0.15, -0.1) is 0 Å². The summed E-state index contributed by atoms with van der Waals surface area (Å²) in [7, 11) is 0. The minimum absolute atomic E-state index is 0.0250. The van der Waals surface area contributed by atoms with Crippen LogP contribution in [0.3, 0.4) is 0 Å². The molecule has 0 bridgehead atoms. The zero-order valence-corrected chi connectivity index (χ0v) is 14.6. The van der Waals surface area contributed by atoms with Crippen LogP contribution in [0.15, 0.2) is 48.5 Å². The summed E-state index contributed by atoms with van der Waals surface area (Å²) in [6.45, 7) is 0. The van der Waals surface area contributed by atoms with Gasteiger partial charge in [-0.25, -0.2) is 4.79 Å². The Labute approximate surface area is 153 Å². The number of hydrogen-bond acceptors (Lipinski definition) is 2. The standard InChI is InChI=1S/C21H23N3O2/c25-20-11-8-15-6-9-18(13-19(15)24-20)23-21(26)22-17-10-7-16(12-17)14-4-2-1-3-5-14/h1-6,9,13,16-17H,7-8,10-12H2,(H,24,25)(H2,22,23,26)/t16-,17-/m1/s1. The molecule has 0 aromatic heterocycles. The number of hydrogen-bond donors (Lipinski definition) is 3. The first-order valence-corrected chi connectivity index (χ1v) is 9.22. The van der Waals surface area contributed by atoms with Crippen LogP contribution < -0.4 is 16.0 Å². The number of benzene rings is 2. The summed E-state index contributed by atoms with van der Waals surface area (Å²) < 4.78 is 0. The van der Waals surface area contributed by atoms with Crippen LogP contribution in [0.4, 0.5) is 16.2 Å². The molecule has 26 heavy (non-hydrogen) atoms. The maximum Gasteiger partial charge on any atom is 0.319 e. The Morgan fingerprint density at radius 2 is 1.88 bits per heavy atom. The summed E-state index contributed by atoms with van der Waals surface area (Å²) in [6.07, 6.45) is 4.33. The van der Waals surface area contributed by atoms with Crippen molar-refractivity contribution in [2.45, 2.75) is 44.1 Å². The molecule has 2 aliphatic rings. The zero-order chi connectivity index (χ0) is 17.9. The third-order valence-corrected chi connectivity index (χ3v) is 5.30. The molecular weight excluding hydrogens is 326 g/mol. The highest BCUT2D eigenvalue weighted by Crippen LogP contribution is 2.34. The van der Waals surface area contributed by atoms with Crippen molar-refractivity contribution in [2.75, 3.05) is 10.6 Å². The van der Waals surface area contributed by atoms with E-state index in [9.17, 15) is 9.59 Å². The first-order chi connectivity index (χ1) is 12.7. The molecule has 0 spiro atoms. The van der Waals surface area contributed by atoms with Gasteiger partial charge in [-0.2, -0.15) is 0 Å². The van der Waals surface area contributed by atoms with Crippen molar-refractivity contribution < 1.29 is 9.59 Å². The van der Waals surface area contributed by atoms with Gasteiger partial charge in [0.2, 0.25) is 5.91 Å². The molecule has 0 radical (unpaired) electrons. The molecule has 2 aromatic rings. The number of carbonyl (C=O) groups excluding carboxylic acids is 2. The molecule has 1 heterocycles. The number of urea groups is 1. The maximum absolute atomic E-state index is 12.3. The van der Waals surface area contributed by atoms with Crippen molar-refractivity contribution in [1.29, 1.82) is 0 Å². The molecule has 0 saturated heterocycles. The topological polar surface area (TPSA) is 70.2 Å². The third-order valence-electron chi connectivity index (χ3n) is 5.30.